The lowest BCUT2D eigenvalue weighted by atomic mass is 10.2. The highest BCUT2D eigenvalue weighted by Gasteiger charge is 2.07. The summed E-state index contributed by atoms with van der Waals surface area (Å²) in [5, 5.41) is 1.81. The van der Waals surface area contributed by atoms with Crippen LogP contribution in [0.4, 0.5) is 0 Å². The van der Waals surface area contributed by atoms with Crippen molar-refractivity contribution in [3.8, 4) is 0 Å². The summed E-state index contributed by atoms with van der Waals surface area (Å²) in [5.41, 5.74) is 1.10. The summed E-state index contributed by atoms with van der Waals surface area (Å²) < 4.78 is 4.84. The van der Waals surface area contributed by atoms with Crippen LogP contribution in [0.2, 0.25) is 0 Å². The molecule has 4 heteroatoms. The molecular weight excluding hydrogens is 212 g/mol. The van der Waals surface area contributed by atoms with Gasteiger partial charge in [0.25, 0.3) is 0 Å². The molecule has 0 amide bonds. The van der Waals surface area contributed by atoms with Crippen LogP contribution < -0.4 is 0 Å². The molecule has 0 aliphatic heterocycles. The number of thiophene rings is 1. The third kappa shape index (κ3) is 3.02. The lowest BCUT2D eigenvalue weighted by Crippen LogP contribution is -2.04. The van der Waals surface area contributed by atoms with Gasteiger partial charge in [-0.05, 0) is 31.4 Å². The van der Waals surface area contributed by atoms with Crippen LogP contribution in [0, 0.1) is 0 Å². The standard InChI is InChI=1S/C11H12O3S/c1-3-14-11(13)8(2)6-10-9(7-12)4-5-15-10/h4-7H,3H2,1-2H3/b8-6+. The van der Waals surface area contributed by atoms with E-state index >= 15 is 0 Å². The summed E-state index contributed by atoms with van der Waals surface area (Å²) in [6.07, 6.45) is 2.45. The monoisotopic (exact) mass is 224 g/mol. The van der Waals surface area contributed by atoms with E-state index in [-0.39, 0.29) is 5.97 Å². The van der Waals surface area contributed by atoms with Crippen molar-refractivity contribution in [1.82, 2.24) is 0 Å². The van der Waals surface area contributed by atoms with Crippen molar-refractivity contribution in [2.45, 2.75) is 13.8 Å². The summed E-state index contributed by atoms with van der Waals surface area (Å²) >= 11 is 1.42. The molecule has 15 heavy (non-hydrogen) atoms. The maximum absolute atomic E-state index is 11.3. The van der Waals surface area contributed by atoms with E-state index in [4.69, 9.17) is 4.74 Å². The lowest BCUT2D eigenvalue weighted by Gasteiger charge is -2.00. The summed E-state index contributed by atoms with van der Waals surface area (Å²) in [4.78, 5) is 22.7. The van der Waals surface area contributed by atoms with Crippen LogP contribution >= 0.6 is 11.3 Å². The molecule has 0 spiro atoms. The Labute approximate surface area is 92.4 Å². The molecule has 0 saturated carbocycles. The molecule has 1 rings (SSSR count). The van der Waals surface area contributed by atoms with Crippen LogP contribution in [0.5, 0.6) is 0 Å². The fourth-order valence-corrected chi connectivity index (χ4v) is 1.90. The summed E-state index contributed by atoms with van der Waals surface area (Å²) in [5.74, 6) is -0.345. The van der Waals surface area contributed by atoms with Crippen molar-refractivity contribution in [3.63, 3.8) is 0 Å². The topological polar surface area (TPSA) is 43.4 Å². The van der Waals surface area contributed by atoms with E-state index in [1.165, 1.54) is 11.3 Å². The second kappa shape index (κ2) is 5.46. The first-order valence-corrected chi connectivity index (χ1v) is 5.45. The van der Waals surface area contributed by atoms with E-state index in [1.807, 2.05) is 5.38 Å². The Kier molecular flexibility index (Phi) is 4.24. The van der Waals surface area contributed by atoms with E-state index in [2.05, 4.69) is 0 Å². The van der Waals surface area contributed by atoms with Crippen LogP contribution in [0.15, 0.2) is 17.0 Å². The second-order valence-corrected chi connectivity index (χ2v) is 3.85. The Bertz CT molecular complexity index is 390. The van der Waals surface area contributed by atoms with Gasteiger partial charge in [-0.2, -0.15) is 0 Å². The van der Waals surface area contributed by atoms with Crippen LogP contribution in [0.1, 0.15) is 29.1 Å². The van der Waals surface area contributed by atoms with Gasteiger partial charge in [0.1, 0.15) is 0 Å². The quantitative estimate of drug-likeness (QED) is 0.448. The number of aldehydes is 1. The van der Waals surface area contributed by atoms with Crippen LogP contribution in [0.25, 0.3) is 6.08 Å². The maximum Gasteiger partial charge on any atom is 0.333 e. The van der Waals surface area contributed by atoms with E-state index in [1.54, 1.807) is 26.0 Å². The van der Waals surface area contributed by atoms with Crippen LogP contribution in [0.3, 0.4) is 0 Å². The van der Waals surface area contributed by atoms with Gasteiger partial charge in [-0.25, -0.2) is 4.79 Å². The van der Waals surface area contributed by atoms with Crippen molar-refractivity contribution in [2.24, 2.45) is 0 Å². The summed E-state index contributed by atoms with van der Waals surface area (Å²) in [7, 11) is 0. The largest absolute Gasteiger partial charge is 0.463 e. The first-order valence-electron chi connectivity index (χ1n) is 4.57. The Morgan fingerprint density at radius 1 is 1.60 bits per heavy atom. The van der Waals surface area contributed by atoms with Gasteiger partial charge in [0, 0.05) is 16.0 Å². The van der Waals surface area contributed by atoms with Gasteiger partial charge in [-0.1, -0.05) is 0 Å². The predicted octanol–water partition coefficient (Wildman–Crippen LogP) is 2.53. The first-order chi connectivity index (χ1) is 7.19. The average Bonchev–Trinajstić information content (AvgIpc) is 2.65. The molecule has 1 heterocycles. The minimum atomic E-state index is -0.345. The normalized spacial score (nSPS) is 11.2. The maximum atomic E-state index is 11.3. The number of carbonyl (C=O) groups is 2. The Morgan fingerprint density at radius 2 is 2.33 bits per heavy atom. The molecule has 0 saturated heterocycles. The zero-order chi connectivity index (χ0) is 11.3. The van der Waals surface area contributed by atoms with Gasteiger partial charge >= 0.3 is 5.97 Å². The minimum absolute atomic E-state index is 0.345. The fraction of sp³-hybridized carbons (Fsp3) is 0.273. The van der Waals surface area contributed by atoms with E-state index in [9.17, 15) is 9.59 Å². The number of hydrogen-bond acceptors (Lipinski definition) is 4. The van der Waals surface area contributed by atoms with Gasteiger partial charge < -0.3 is 4.74 Å². The summed E-state index contributed by atoms with van der Waals surface area (Å²) in [6, 6.07) is 1.72. The highest BCUT2D eigenvalue weighted by Crippen LogP contribution is 2.18. The highest BCUT2D eigenvalue weighted by atomic mass is 32.1. The molecule has 80 valence electrons. The molecule has 1 aromatic heterocycles. The van der Waals surface area contributed by atoms with Crippen molar-refractivity contribution in [3.05, 3.63) is 27.5 Å². The van der Waals surface area contributed by atoms with Gasteiger partial charge in [0.05, 0.1) is 6.61 Å². The van der Waals surface area contributed by atoms with E-state index in [0.717, 1.165) is 11.2 Å². The van der Waals surface area contributed by atoms with Gasteiger partial charge in [-0.15, -0.1) is 11.3 Å². The molecule has 0 N–H and O–H groups in total. The molecule has 0 fully saturated rings. The van der Waals surface area contributed by atoms with Crippen molar-refractivity contribution >= 4 is 29.7 Å². The smallest absolute Gasteiger partial charge is 0.333 e. The number of ether oxygens (including phenoxy) is 1. The van der Waals surface area contributed by atoms with Crippen molar-refractivity contribution in [1.29, 1.82) is 0 Å². The fourth-order valence-electron chi connectivity index (χ4n) is 1.05. The molecule has 0 aromatic carbocycles. The third-order valence-corrected chi connectivity index (χ3v) is 2.68. The number of hydrogen-bond donors (Lipinski definition) is 0. The zero-order valence-corrected chi connectivity index (χ0v) is 9.47. The Balaban J connectivity index is 2.87. The van der Waals surface area contributed by atoms with Gasteiger partial charge in [0.2, 0.25) is 0 Å². The molecule has 0 atom stereocenters. The number of esters is 1. The molecule has 0 aliphatic rings. The molecule has 0 aliphatic carbocycles. The Hall–Kier alpha value is -1.42. The average molecular weight is 224 g/mol. The van der Waals surface area contributed by atoms with Crippen LogP contribution in [-0.4, -0.2) is 18.9 Å². The van der Waals surface area contributed by atoms with Gasteiger partial charge in [-0.3, -0.25) is 4.79 Å². The predicted molar refractivity (Wildman–Crippen MR) is 60.0 cm³/mol. The number of rotatable bonds is 4. The molecular formula is C11H12O3S. The van der Waals surface area contributed by atoms with Crippen LogP contribution in [-0.2, 0) is 9.53 Å². The lowest BCUT2D eigenvalue weighted by molar-refractivity contribution is -0.138. The molecule has 0 unspecified atom stereocenters. The van der Waals surface area contributed by atoms with Gasteiger partial charge in [0.15, 0.2) is 6.29 Å². The highest BCUT2D eigenvalue weighted by molar-refractivity contribution is 7.11. The van der Waals surface area contributed by atoms with E-state index in [0.29, 0.717) is 17.7 Å². The minimum Gasteiger partial charge on any atom is -0.463 e. The van der Waals surface area contributed by atoms with Crippen molar-refractivity contribution in [2.75, 3.05) is 6.61 Å². The number of carbonyl (C=O) groups excluding carboxylic acids is 2. The molecule has 0 radical (unpaired) electrons. The molecule has 0 bridgehead atoms. The van der Waals surface area contributed by atoms with Crippen molar-refractivity contribution < 1.29 is 14.3 Å². The third-order valence-electron chi connectivity index (χ3n) is 1.80. The zero-order valence-electron chi connectivity index (χ0n) is 8.65. The first kappa shape index (κ1) is 11.7. The molecule has 3 nitrogen and oxygen atoms in total. The SMILES string of the molecule is CCOC(=O)/C(C)=C/c1sccc1C=O. The van der Waals surface area contributed by atoms with E-state index < -0.39 is 0 Å². The summed E-state index contributed by atoms with van der Waals surface area (Å²) in [6.45, 7) is 3.79. The second-order valence-electron chi connectivity index (χ2n) is 2.91. The Morgan fingerprint density at radius 3 is 2.93 bits per heavy atom. The molecule has 1 aromatic rings.